The summed E-state index contributed by atoms with van der Waals surface area (Å²) in [4.78, 5) is 44.1. The van der Waals surface area contributed by atoms with Crippen LogP contribution in [0.5, 0.6) is 0 Å². The van der Waals surface area contributed by atoms with Crippen LogP contribution in [0.25, 0.3) is 11.0 Å². The van der Waals surface area contributed by atoms with Crippen molar-refractivity contribution in [3.8, 4) is 0 Å². The summed E-state index contributed by atoms with van der Waals surface area (Å²) in [6.45, 7) is 4.55. The highest BCUT2D eigenvalue weighted by molar-refractivity contribution is 5.95. The van der Waals surface area contributed by atoms with Crippen molar-refractivity contribution in [1.82, 2.24) is 19.4 Å². The van der Waals surface area contributed by atoms with Crippen molar-refractivity contribution in [3.63, 3.8) is 0 Å². The predicted molar refractivity (Wildman–Crippen MR) is 126 cm³/mol. The molecule has 1 saturated heterocycles. The first kappa shape index (κ1) is 27.3. The summed E-state index contributed by atoms with van der Waals surface area (Å²) in [6, 6.07) is 1.24. The Bertz CT molecular complexity index is 1100. The molecule has 0 unspecified atom stereocenters. The quantitative estimate of drug-likeness (QED) is 0.470. The minimum atomic E-state index is -1.26. The number of carbonyl (C=O) groups excluding carboxylic acids is 1. The summed E-state index contributed by atoms with van der Waals surface area (Å²) in [6.07, 6.45) is 0.0634. The number of amides is 2. The van der Waals surface area contributed by atoms with Gasteiger partial charge in [0.25, 0.3) is 5.91 Å². The van der Waals surface area contributed by atoms with E-state index < -0.39 is 41.6 Å². The number of rotatable bonds is 10. The first-order valence-corrected chi connectivity index (χ1v) is 11.9. The molecule has 0 spiro atoms. The number of carboxylic acids is 1. The smallest absolute Gasteiger partial charge is 0.407 e. The molecule has 1 aromatic heterocycles. The zero-order chi connectivity index (χ0) is 26.6. The van der Waals surface area contributed by atoms with Crippen molar-refractivity contribution in [2.75, 3.05) is 33.4 Å². The Labute approximate surface area is 207 Å². The highest BCUT2D eigenvalue weighted by Gasteiger charge is 2.39. The van der Waals surface area contributed by atoms with Crippen LogP contribution in [-0.4, -0.2) is 86.9 Å². The molecule has 3 rings (SSSR count). The highest BCUT2D eigenvalue weighted by atomic mass is 19.2. The number of aryl methyl sites for hydroxylation is 1. The molecule has 2 atom stereocenters. The molecule has 1 aromatic carbocycles. The molecule has 0 aliphatic carbocycles. The van der Waals surface area contributed by atoms with Gasteiger partial charge in [-0.25, -0.2) is 18.6 Å². The lowest BCUT2D eigenvalue weighted by Gasteiger charge is -2.41. The van der Waals surface area contributed by atoms with Crippen molar-refractivity contribution in [2.45, 2.75) is 45.7 Å². The second-order valence-corrected chi connectivity index (χ2v) is 9.51. The molecule has 0 bridgehead atoms. The van der Waals surface area contributed by atoms with Crippen molar-refractivity contribution in [2.24, 2.45) is 11.8 Å². The molecule has 0 saturated carbocycles. The summed E-state index contributed by atoms with van der Waals surface area (Å²) in [5.74, 6) is -4.86. The Balaban J connectivity index is 2.04. The summed E-state index contributed by atoms with van der Waals surface area (Å²) < 4.78 is 34.7. The summed E-state index contributed by atoms with van der Waals surface area (Å²) in [5, 5.41) is 19.1. The number of aliphatic carboxylic acids is 1. The molecule has 198 valence electrons. The van der Waals surface area contributed by atoms with Crippen LogP contribution in [0.2, 0.25) is 0 Å². The van der Waals surface area contributed by atoms with Gasteiger partial charge in [-0.2, -0.15) is 0 Å². The van der Waals surface area contributed by atoms with Gasteiger partial charge in [0.2, 0.25) is 0 Å². The zero-order valence-corrected chi connectivity index (χ0v) is 20.6. The number of ether oxygens (including phenoxy) is 1. The maximum Gasteiger partial charge on any atom is 0.407 e. The molecule has 36 heavy (non-hydrogen) atoms. The lowest BCUT2D eigenvalue weighted by Crippen LogP contribution is -2.56. The number of hydrogen-bond acceptors (Lipinski definition) is 5. The Kier molecular flexibility index (Phi) is 8.83. The van der Waals surface area contributed by atoms with Crippen LogP contribution in [0.3, 0.4) is 0 Å². The summed E-state index contributed by atoms with van der Waals surface area (Å²) in [5.41, 5.74) is 0.381. The van der Waals surface area contributed by atoms with Gasteiger partial charge in [-0.15, -0.1) is 0 Å². The molecule has 2 heterocycles. The second-order valence-electron chi connectivity index (χ2n) is 9.51. The van der Waals surface area contributed by atoms with Crippen LogP contribution in [0.15, 0.2) is 12.1 Å². The monoisotopic (exact) mass is 510 g/mol. The third-order valence-corrected chi connectivity index (χ3v) is 6.27. The van der Waals surface area contributed by atoms with Crippen molar-refractivity contribution in [1.29, 1.82) is 0 Å². The number of carboxylic acid groups (broad SMARTS) is 2. The molecule has 1 aliphatic rings. The Morgan fingerprint density at radius 2 is 1.86 bits per heavy atom. The normalized spacial score (nSPS) is 18.1. The first-order chi connectivity index (χ1) is 17.0. The van der Waals surface area contributed by atoms with E-state index in [-0.39, 0.29) is 48.8 Å². The van der Waals surface area contributed by atoms with E-state index in [1.165, 1.54) is 9.47 Å². The van der Waals surface area contributed by atoms with Gasteiger partial charge < -0.3 is 29.3 Å². The number of methoxy groups -OCH3 is 1. The number of benzene rings is 1. The van der Waals surface area contributed by atoms with Gasteiger partial charge in [-0.1, -0.05) is 13.8 Å². The van der Waals surface area contributed by atoms with E-state index in [1.54, 1.807) is 7.11 Å². The third-order valence-electron chi connectivity index (χ3n) is 6.27. The number of fused-ring (bicyclic) bond motifs is 1. The number of hydrogen-bond donors (Lipinski definition) is 2. The van der Waals surface area contributed by atoms with Crippen molar-refractivity contribution >= 4 is 29.0 Å². The van der Waals surface area contributed by atoms with Crippen LogP contribution >= 0.6 is 0 Å². The van der Waals surface area contributed by atoms with E-state index in [2.05, 4.69) is 4.98 Å². The first-order valence-electron chi connectivity index (χ1n) is 11.9. The zero-order valence-electron chi connectivity index (χ0n) is 20.6. The minimum absolute atomic E-state index is 0.0214. The maximum absolute atomic E-state index is 14.1. The van der Waals surface area contributed by atoms with Gasteiger partial charge in [0.05, 0.1) is 23.0 Å². The number of carbonyl (C=O) groups is 3. The molecule has 1 fully saturated rings. The van der Waals surface area contributed by atoms with Gasteiger partial charge in [0.15, 0.2) is 17.5 Å². The fourth-order valence-corrected chi connectivity index (χ4v) is 4.58. The molecule has 1 aliphatic heterocycles. The Hall–Kier alpha value is -3.28. The van der Waals surface area contributed by atoms with Gasteiger partial charge >= 0.3 is 12.1 Å². The van der Waals surface area contributed by atoms with E-state index >= 15 is 0 Å². The molecule has 2 aromatic rings. The number of piperidine rings is 1. The van der Waals surface area contributed by atoms with E-state index in [4.69, 9.17) is 4.74 Å². The van der Waals surface area contributed by atoms with Crippen LogP contribution < -0.4 is 0 Å². The molecule has 2 N–H and O–H groups in total. The van der Waals surface area contributed by atoms with Crippen LogP contribution in [0.1, 0.15) is 43.7 Å². The highest BCUT2D eigenvalue weighted by Crippen LogP contribution is 2.27. The minimum Gasteiger partial charge on any atom is -0.481 e. The lowest BCUT2D eigenvalue weighted by atomic mass is 9.92. The van der Waals surface area contributed by atoms with Crippen LogP contribution in [0.4, 0.5) is 13.6 Å². The fraction of sp³-hybridized carbons (Fsp3) is 0.583. The topological polar surface area (TPSA) is 125 Å². The number of imidazole rings is 1. The van der Waals surface area contributed by atoms with E-state index in [0.29, 0.717) is 26.0 Å². The molecular formula is C24H32F2N4O6. The van der Waals surface area contributed by atoms with Crippen LogP contribution in [0, 0.1) is 23.5 Å². The van der Waals surface area contributed by atoms with Gasteiger partial charge in [-0.3, -0.25) is 9.59 Å². The number of likely N-dealkylation sites (tertiary alicyclic amines) is 1. The predicted octanol–water partition coefficient (Wildman–Crippen LogP) is 3.29. The third kappa shape index (κ3) is 6.10. The molecule has 2 amide bonds. The van der Waals surface area contributed by atoms with Crippen molar-refractivity contribution < 1.29 is 38.1 Å². The SMILES string of the molecule is COCCCCn1c(C(=O)N(CC(C)C)[C@H]2C[C@@H](C(=O)O)CN(C(=O)O)C2)nc2cc(F)c(F)cc21. The van der Waals surface area contributed by atoms with E-state index in [9.17, 15) is 33.4 Å². The average Bonchev–Trinajstić information content (AvgIpc) is 3.16. The number of unbranched alkanes of at least 4 members (excludes halogenated alkanes) is 1. The molecule has 10 nitrogen and oxygen atoms in total. The fourth-order valence-electron chi connectivity index (χ4n) is 4.58. The lowest BCUT2D eigenvalue weighted by molar-refractivity contribution is -0.144. The molecule has 12 heteroatoms. The van der Waals surface area contributed by atoms with Gasteiger partial charge in [-0.05, 0) is 25.2 Å². The number of halogens is 2. The van der Waals surface area contributed by atoms with E-state index in [1.807, 2.05) is 13.8 Å². The summed E-state index contributed by atoms with van der Waals surface area (Å²) >= 11 is 0. The largest absolute Gasteiger partial charge is 0.481 e. The van der Waals surface area contributed by atoms with Gasteiger partial charge in [0, 0.05) is 52.0 Å². The Morgan fingerprint density at radius 1 is 1.17 bits per heavy atom. The average molecular weight is 511 g/mol. The van der Waals surface area contributed by atoms with Gasteiger partial charge in [0.1, 0.15) is 0 Å². The van der Waals surface area contributed by atoms with E-state index in [0.717, 1.165) is 17.0 Å². The molecular weight excluding hydrogens is 478 g/mol. The number of aromatic nitrogens is 2. The summed E-state index contributed by atoms with van der Waals surface area (Å²) in [7, 11) is 1.57. The van der Waals surface area contributed by atoms with Crippen molar-refractivity contribution in [3.05, 3.63) is 29.6 Å². The van der Waals surface area contributed by atoms with Crippen LogP contribution in [-0.2, 0) is 16.1 Å². The Morgan fingerprint density at radius 3 is 2.47 bits per heavy atom. The number of nitrogens with zero attached hydrogens (tertiary/aromatic N) is 4. The second kappa shape index (κ2) is 11.6. The maximum atomic E-state index is 14.1. The molecule has 0 radical (unpaired) electrons. The standard InChI is InChI=1S/C24H32F2N4O6/c1-14(2)11-30(16-8-15(23(32)33)12-28(13-16)24(34)35)22(31)21-27-19-9-17(25)18(26)10-20(19)29(21)6-4-5-7-36-3/h9-10,14-16H,4-8,11-13H2,1-3H3,(H,32,33)(H,34,35)/t15-,16+/m1/s1.